The molecule has 2 aliphatic carbocycles. The summed E-state index contributed by atoms with van der Waals surface area (Å²) in [5.74, 6) is 1.40. The normalized spacial score (nSPS) is 19.8. The van der Waals surface area contributed by atoms with Crippen molar-refractivity contribution in [2.24, 2.45) is 7.05 Å². The summed E-state index contributed by atoms with van der Waals surface area (Å²) in [6, 6.07) is 5.69. The molecule has 0 unspecified atom stereocenters. The van der Waals surface area contributed by atoms with Gasteiger partial charge in [-0.3, -0.25) is 4.68 Å². The van der Waals surface area contributed by atoms with E-state index in [0.29, 0.717) is 48.7 Å². The molecule has 0 saturated heterocycles. The molecule has 4 heterocycles. The van der Waals surface area contributed by atoms with E-state index >= 15 is 0 Å². The molecule has 38 heavy (non-hydrogen) atoms. The monoisotopic (exact) mass is 537 g/mol. The first kappa shape index (κ1) is 24.5. The van der Waals surface area contributed by atoms with Gasteiger partial charge in [0.25, 0.3) is 10.0 Å². The van der Waals surface area contributed by atoms with Gasteiger partial charge >= 0.3 is 0 Å². The van der Waals surface area contributed by atoms with Gasteiger partial charge in [0.1, 0.15) is 17.8 Å². The molecule has 0 aliphatic heterocycles. The third-order valence-corrected chi connectivity index (χ3v) is 8.88. The van der Waals surface area contributed by atoms with Crippen LogP contribution < -0.4 is 10.6 Å². The molecule has 4 aromatic heterocycles. The van der Waals surface area contributed by atoms with Crippen LogP contribution in [0.2, 0.25) is 0 Å². The predicted octanol–water partition coefficient (Wildman–Crippen LogP) is 3.91. The Hall–Kier alpha value is -3.87. The molecule has 2 N–H and O–H groups in total. The predicted molar refractivity (Wildman–Crippen MR) is 141 cm³/mol. The Labute approximate surface area is 219 Å². The maximum atomic E-state index is 13.7. The van der Waals surface area contributed by atoms with Gasteiger partial charge in [-0.2, -0.15) is 14.3 Å². The third-order valence-electron chi connectivity index (χ3n) is 6.85. The van der Waals surface area contributed by atoms with E-state index in [2.05, 4.69) is 35.8 Å². The molecular weight excluding hydrogens is 509 g/mol. The van der Waals surface area contributed by atoms with Crippen LogP contribution in [0.15, 0.2) is 49.2 Å². The van der Waals surface area contributed by atoms with E-state index in [1.54, 1.807) is 23.1 Å². The average Bonchev–Trinajstić information content (AvgIpc) is 3.50. The summed E-state index contributed by atoms with van der Waals surface area (Å²) in [4.78, 5) is 13.4. The minimum Gasteiger partial charge on any atom is -0.382 e. The fraction of sp³-hybridized carbons (Fsp3) is 0.400. The lowest BCUT2D eigenvalue weighted by Crippen LogP contribution is -2.27. The molecule has 2 aliphatic rings. The van der Waals surface area contributed by atoms with Crippen molar-refractivity contribution in [1.82, 2.24) is 33.9 Å². The summed E-state index contributed by atoms with van der Waals surface area (Å²) in [5, 5.41) is 15.0. The minimum atomic E-state index is -3.47. The largest absolute Gasteiger partial charge is 0.382 e. The first-order chi connectivity index (χ1) is 18.3. The molecular formula is C25H28FN9O2S. The van der Waals surface area contributed by atoms with Gasteiger partial charge in [0.05, 0.1) is 28.9 Å². The average molecular weight is 538 g/mol. The van der Waals surface area contributed by atoms with E-state index in [4.69, 9.17) is 0 Å². The van der Waals surface area contributed by atoms with E-state index in [1.165, 1.54) is 12.4 Å². The van der Waals surface area contributed by atoms with Crippen molar-refractivity contribution in [3.05, 3.63) is 49.2 Å². The minimum absolute atomic E-state index is 0.161. The molecule has 0 spiro atoms. The Balaban J connectivity index is 1.25. The van der Waals surface area contributed by atoms with E-state index in [1.807, 2.05) is 25.4 Å². The van der Waals surface area contributed by atoms with Gasteiger partial charge in [-0.15, -0.1) is 0 Å². The van der Waals surface area contributed by atoms with Crippen molar-refractivity contribution in [3.63, 3.8) is 0 Å². The van der Waals surface area contributed by atoms with Crippen molar-refractivity contribution < 1.29 is 12.8 Å². The van der Waals surface area contributed by atoms with Crippen LogP contribution in [-0.2, 0) is 17.1 Å². The smallest absolute Gasteiger partial charge is 0.256 e. The molecule has 0 amide bonds. The standard InChI is InChI=1S/C25H28FN9O2S/c1-34-11-9-21(33-34)20-14-28-24(12-22(20)30-18-4-2-17(26)3-5-18)31-23-8-10-27-25(32-23)16-13-29-35(15-16)38(36,37)19-6-7-19/h8-15,17-19H,2-7H2,1H3,(H2,27,28,30,31,32). The first-order valence-electron chi connectivity index (χ1n) is 12.7. The second-order valence-corrected chi connectivity index (χ2v) is 11.9. The van der Waals surface area contributed by atoms with Crippen LogP contribution in [0.3, 0.4) is 0 Å². The van der Waals surface area contributed by atoms with Gasteiger partial charge in [0.15, 0.2) is 5.82 Å². The lowest BCUT2D eigenvalue weighted by atomic mass is 9.93. The van der Waals surface area contributed by atoms with Crippen LogP contribution >= 0.6 is 0 Å². The van der Waals surface area contributed by atoms with Gasteiger partial charge in [-0.05, 0) is 50.7 Å². The second kappa shape index (κ2) is 9.78. The number of pyridine rings is 1. The Morgan fingerprint density at radius 2 is 1.84 bits per heavy atom. The number of hydrogen-bond donors (Lipinski definition) is 2. The number of rotatable bonds is 8. The van der Waals surface area contributed by atoms with Crippen LogP contribution in [0.5, 0.6) is 0 Å². The SMILES string of the molecule is Cn1ccc(-c2cnc(Nc3ccnc(-c4cnn(S(=O)(=O)C5CC5)c4)n3)cc2NC2CCC(F)CC2)n1. The molecule has 0 radical (unpaired) electrons. The fourth-order valence-electron chi connectivity index (χ4n) is 4.60. The highest BCUT2D eigenvalue weighted by atomic mass is 32.2. The Morgan fingerprint density at radius 1 is 1.03 bits per heavy atom. The number of anilines is 3. The molecule has 13 heteroatoms. The van der Waals surface area contributed by atoms with Crippen molar-refractivity contribution in [3.8, 4) is 22.6 Å². The lowest BCUT2D eigenvalue weighted by Gasteiger charge is -2.27. The number of nitrogens with zero attached hydrogens (tertiary/aromatic N) is 7. The number of alkyl halides is 1. The van der Waals surface area contributed by atoms with Crippen LogP contribution in [0.4, 0.5) is 21.7 Å². The molecule has 2 saturated carbocycles. The maximum absolute atomic E-state index is 13.7. The second-order valence-electron chi connectivity index (χ2n) is 9.82. The van der Waals surface area contributed by atoms with Gasteiger partial charge in [0.2, 0.25) is 0 Å². The molecule has 198 valence electrons. The Morgan fingerprint density at radius 3 is 2.58 bits per heavy atom. The van der Waals surface area contributed by atoms with Crippen LogP contribution in [0.25, 0.3) is 22.6 Å². The zero-order valence-corrected chi connectivity index (χ0v) is 21.6. The Kier molecular flexibility index (Phi) is 6.30. The highest BCUT2D eigenvalue weighted by Gasteiger charge is 2.37. The first-order valence-corrected chi connectivity index (χ1v) is 14.2. The Bertz CT molecular complexity index is 1560. The number of aryl methyl sites for hydroxylation is 1. The summed E-state index contributed by atoms with van der Waals surface area (Å²) in [5.41, 5.74) is 2.99. The van der Waals surface area contributed by atoms with Crippen molar-refractivity contribution in [2.75, 3.05) is 10.6 Å². The van der Waals surface area contributed by atoms with E-state index in [-0.39, 0.29) is 11.3 Å². The number of aromatic nitrogens is 7. The van der Waals surface area contributed by atoms with Crippen LogP contribution in [-0.4, -0.2) is 59.8 Å². The molecule has 11 nitrogen and oxygen atoms in total. The lowest BCUT2D eigenvalue weighted by molar-refractivity contribution is 0.242. The van der Waals surface area contributed by atoms with Crippen molar-refractivity contribution >= 4 is 27.3 Å². The molecule has 4 aromatic rings. The van der Waals surface area contributed by atoms with Gasteiger partial charge in [-0.25, -0.2) is 27.8 Å². The van der Waals surface area contributed by atoms with E-state index in [0.717, 1.165) is 33.9 Å². The molecule has 6 rings (SSSR count). The zero-order chi connectivity index (χ0) is 26.3. The number of nitrogens with one attached hydrogen (secondary N) is 2. The number of halogens is 1. The van der Waals surface area contributed by atoms with Crippen molar-refractivity contribution in [1.29, 1.82) is 0 Å². The van der Waals surface area contributed by atoms with Gasteiger partial charge < -0.3 is 10.6 Å². The summed E-state index contributed by atoms with van der Waals surface area (Å²) < 4.78 is 41.4. The topological polar surface area (TPSA) is 133 Å². The number of hydrogen-bond acceptors (Lipinski definition) is 9. The molecule has 0 atom stereocenters. The van der Waals surface area contributed by atoms with Gasteiger partial charge in [-0.1, -0.05) is 0 Å². The maximum Gasteiger partial charge on any atom is 0.256 e. The summed E-state index contributed by atoms with van der Waals surface area (Å²) in [7, 11) is -1.61. The summed E-state index contributed by atoms with van der Waals surface area (Å²) >= 11 is 0. The van der Waals surface area contributed by atoms with E-state index < -0.39 is 16.2 Å². The van der Waals surface area contributed by atoms with Crippen molar-refractivity contribution in [2.45, 2.75) is 56.0 Å². The quantitative estimate of drug-likeness (QED) is 0.343. The summed E-state index contributed by atoms with van der Waals surface area (Å²) in [6.07, 6.45) is 11.3. The summed E-state index contributed by atoms with van der Waals surface area (Å²) in [6.45, 7) is 0. The fourth-order valence-corrected chi connectivity index (χ4v) is 6.08. The molecule has 2 fully saturated rings. The molecule has 0 bridgehead atoms. The zero-order valence-electron chi connectivity index (χ0n) is 20.8. The third kappa shape index (κ3) is 5.10. The highest BCUT2D eigenvalue weighted by Crippen LogP contribution is 2.33. The van der Waals surface area contributed by atoms with Gasteiger partial charge in [0, 0.05) is 49.0 Å². The molecule has 0 aromatic carbocycles. The van der Waals surface area contributed by atoms with E-state index in [9.17, 15) is 12.8 Å². The highest BCUT2D eigenvalue weighted by molar-refractivity contribution is 7.90. The van der Waals surface area contributed by atoms with Crippen LogP contribution in [0, 0.1) is 0 Å². The van der Waals surface area contributed by atoms with Crippen LogP contribution in [0.1, 0.15) is 38.5 Å².